The first-order valence-corrected chi connectivity index (χ1v) is 9.05. The predicted molar refractivity (Wildman–Crippen MR) is 108 cm³/mol. The molecule has 1 heterocycles. The van der Waals surface area contributed by atoms with E-state index in [1.165, 1.54) is 6.26 Å². The van der Waals surface area contributed by atoms with Crippen molar-refractivity contribution < 1.29 is 18.7 Å². The number of hydrogen-bond acceptors (Lipinski definition) is 4. The van der Waals surface area contributed by atoms with Crippen LogP contribution in [0, 0.1) is 6.92 Å². The molecule has 6 nitrogen and oxygen atoms in total. The van der Waals surface area contributed by atoms with Crippen LogP contribution in [0.2, 0.25) is 0 Å². The van der Waals surface area contributed by atoms with Gasteiger partial charge in [-0.25, -0.2) is 0 Å². The minimum absolute atomic E-state index is 0.215. The Morgan fingerprint density at radius 2 is 1.75 bits per heavy atom. The zero-order valence-corrected chi connectivity index (χ0v) is 15.8. The SMILES string of the molecule is CCC(Oc1ccccc1C)C(=O)Nc1cccc(NC(=O)c2ccco2)c1. The lowest BCUT2D eigenvalue weighted by atomic mass is 10.2. The lowest BCUT2D eigenvalue weighted by molar-refractivity contribution is -0.122. The molecule has 0 aliphatic rings. The van der Waals surface area contributed by atoms with Crippen molar-refractivity contribution in [1.82, 2.24) is 0 Å². The Labute approximate surface area is 163 Å². The summed E-state index contributed by atoms with van der Waals surface area (Å²) in [6, 6.07) is 17.7. The zero-order chi connectivity index (χ0) is 19.9. The number of anilines is 2. The van der Waals surface area contributed by atoms with Crippen molar-refractivity contribution >= 4 is 23.2 Å². The van der Waals surface area contributed by atoms with Crippen LogP contribution in [0.5, 0.6) is 5.75 Å². The summed E-state index contributed by atoms with van der Waals surface area (Å²) in [5.41, 5.74) is 2.08. The molecule has 0 radical (unpaired) electrons. The topological polar surface area (TPSA) is 80.6 Å². The number of furan rings is 1. The van der Waals surface area contributed by atoms with Crippen molar-refractivity contribution in [3.63, 3.8) is 0 Å². The second kappa shape index (κ2) is 8.90. The van der Waals surface area contributed by atoms with Gasteiger partial charge in [0.15, 0.2) is 11.9 Å². The molecule has 0 fully saturated rings. The van der Waals surface area contributed by atoms with Crippen LogP contribution < -0.4 is 15.4 Å². The largest absolute Gasteiger partial charge is 0.480 e. The van der Waals surface area contributed by atoms with E-state index < -0.39 is 6.10 Å². The molecule has 0 spiro atoms. The number of nitrogens with one attached hydrogen (secondary N) is 2. The third-order valence-electron chi connectivity index (χ3n) is 4.16. The van der Waals surface area contributed by atoms with E-state index in [-0.39, 0.29) is 17.6 Å². The molecule has 1 atom stereocenters. The molecule has 2 N–H and O–H groups in total. The van der Waals surface area contributed by atoms with Crippen LogP contribution in [0.1, 0.15) is 29.5 Å². The molecule has 1 unspecified atom stereocenters. The molecule has 0 saturated heterocycles. The number of amides is 2. The van der Waals surface area contributed by atoms with Crippen molar-refractivity contribution in [2.75, 3.05) is 10.6 Å². The fourth-order valence-electron chi connectivity index (χ4n) is 2.66. The molecular weight excluding hydrogens is 356 g/mol. The molecular formula is C22H22N2O4. The first-order valence-electron chi connectivity index (χ1n) is 9.05. The molecule has 2 amide bonds. The smallest absolute Gasteiger partial charge is 0.291 e. The molecule has 1 aromatic heterocycles. The lowest BCUT2D eigenvalue weighted by Crippen LogP contribution is -2.32. The Morgan fingerprint density at radius 1 is 1.00 bits per heavy atom. The lowest BCUT2D eigenvalue weighted by Gasteiger charge is -2.18. The van der Waals surface area contributed by atoms with Gasteiger partial charge in [0.1, 0.15) is 5.75 Å². The van der Waals surface area contributed by atoms with Gasteiger partial charge in [-0.15, -0.1) is 0 Å². The van der Waals surface area contributed by atoms with E-state index in [1.807, 2.05) is 38.1 Å². The Bertz CT molecular complexity index is 951. The minimum Gasteiger partial charge on any atom is -0.480 e. The third kappa shape index (κ3) is 4.79. The molecule has 0 saturated carbocycles. The Morgan fingerprint density at radius 3 is 2.43 bits per heavy atom. The van der Waals surface area contributed by atoms with E-state index in [2.05, 4.69) is 10.6 Å². The Kier molecular flexibility index (Phi) is 6.11. The van der Waals surface area contributed by atoms with Gasteiger partial charge in [-0.05, 0) is 55.3 Å². The van der Waals surface area contributed by atoms with Gasteiger partial charge in [-0.1, -0.05) is 31.2 Å². The average molecular weight is 378 g/mol. The van der Waals surface area contributed by atoms with Crippen LogP contribution in [-0.2, 0) is 4.79 Å². The number of hydrogen-bond donors (Lipinski definition) is 2. The number of benzene rings is 2. The molecule has 2 aromatic carbocycles. The maximum Gasteiger partial charge on any atom is 0.291 e. The molecule has 28 heavy (non-hydrogen) atoms. The van der Waals surface area contributed by atoms with Crippen molar-refractivity contribution in [3.8, 4) is 5.75 Å². The molecule has 3 aromatic rings. The second-order valence-electron chi connectivity index (χ2n) is 6.28. The molecule has 6 heteroatoms. The highest BCUT2D eigenvalue weighted by atomic mass is 16.5. The van der Waals surface area contributed by atoms with Gasteiger partial charge in [0.2, 0.25) is 0 Å². The van der Waals surface area contributed by atoms with Crippen LogP contribution in [0.15, 0.2) is 71.3 Å². The van der Waals surface area contributed by atoms with Gasteiger partial charge in [0.05, 0.1) is 6.26 Å². The molecule has 0 aliphatic carbocycles. The number of carbonyl (C=O) groups is 2. The van der Waals surface area contributed by atoms with Gasteiger partial charge in [-0.2, -0.15) is 0 Å². The molecule has 0 aliphatic heterocycles. The van der Waals surface area contributed by atoms with Crippen LogP contribution >= 0.6 is 0 Å². The normalized spacial score (nSPS) is 11.5. The summed E-state index contributed by atoms with van der Waals surface area (Å²) in [6.45, 7) is 3.83. The van der Waals surface area contributed by atoms with E-state index in [4.69, 9.17) is 9.15 Å². The van der Waals surface area contributed by atoms with E-state index >= 15 is 0 Å². The standard InChI is InChI=1S/C22H22N2O4/c1-3-18(28-19-11-5-4-8-15(19)2)21(25)23-16-9-6-10-17(14-16)24-22(26)20-12-7-13-27-20/h4-14,18H,3H2,1-2H3,(H,23,25)(H,24,26). The maximum atomic E-state index is 12.6. The van der Waals surface area contributed by atoms with Crippen LogP contribution in [0.25, 0.3) is 0 Å². The van der Waals surface area contributed by atoms with Gasteiger partial charge < -0.3 is 19.8 Å². The fraction of sp³-hybridized carbons (Fsp3) is 0.182. The first-order chi connectivity index (χ1) is 13.6. The Hall–Kier alpha value is -3.54. The van der Waals surface area contributed by atoms with Crippen LogP contribution in [0.3, 0.4) is 0 Å². The van der Waals surface area contributed by atoms with Crippen molar-refractivity contribution in [2.45, 2.75) is 26.4 Å². The molecule has 144 valence electrons. The quantitative estimate of drug-likeness (QED) is 0.628. The third-order valence-corrected chi connectivity index (χ3v) is 4.16. The Balaban J connectivity index is 1.66. The minimum atomic E-state index is -0.623. The summed E-state index contributed by atoms with van der Waals surface area (Å²) in [7, 11) is 0. The summed E-state index contributed by atoms with van der Waals surface area (Å²) in [5.74, 6) is 0.291. The number of rotatable bonds is 7. The number of aryl methyl sites for hydroxylation is 1. The molecule has 0 bridgehead atoms. The highest BCUT2D eigenvalue weighted by Crippen LogP contribution is 2.21. The van der Waals surface area contributed by atoms with E-state index in [0.29, 0.717) is 23.5 Å². The van der Waals surface area contributed by atoms with Crippen molar-refractivity contribution in [3.05, 3.63) is 78.3 Å². The highest BCUT2D eigenvalue weighted by molar-refractivity contribution is 6.03. The summed E-state index contributed by atoms with van der Waals surface area (Å²) in [5, 5.41) is 5.58. The summed E-state index contributed by atoms with van der Waals surface area (Å²) in [6.07, 6.45) is 1.34. The summed E-state index contributed by atoms with van der Waals surface area (Å²) >= 11 is 0. The average Bonchev–Trinajstić information content (AvgIpc) is 3.22. The number of ether oxygens (including phenoxy) is 1. The van der Waals surface area contributed by atoms with E-state index in [9.17, 15) is 9.59 Å². The van der Waals surface area contributed by atoms with Gasteiger partial charge in [-0.3, -0.25) is 9.59 Å². The van der Waals surface area contributed by atoms with Gasteiger partial charge in [0, 0.05) is 11.4 Å². The van der Waals surface area contributed by atoms with E-state index in [0.717, 1.165) is 5.56 Å². The van der Waals surface area contributed by atoms with E-state index in [1.54, 1.807) is 36.4 Å². The first kappa shape index (κ1) is 19.2. The fourth-order valence-corrected chi connectivity index (χ4v) is 2.66. The second-order valence-corrected chi connectivity index (χ2v) is 6.28. The monoisotopic (exact) mass is 378 g/mol. The summed E-state index contributed by atoms with van der Waals surface area (Å²) in [4.78, 5) is 24.7. The van der Waals surface area contributed by atoms with Crippen LogP contribution in [0.4, 0.5) is 11.4 Å². The highest BCUT2D eigenvalue weighted by Gasteiger charge is 2.19. The van der Waals surface area contributed by atoms with Crippen molar-refractivity contribution in [1.29, 1.82) is 0 Å². The number of para-hydroxylation sites is 1. The van der Waals surface area contributed by atoms with Gasteiger partial charge in [0.25, 0.3) is 11.8 Å². The van der Waals surface area contributed by atoms with Crippen molar-refractivity contribution in [2.24, 2.45) is 0 Å². The van der Waals surface area contributed by atoms with Gasteiger partial charge >= 0.3 is 0 Å². The number of carbonyl (C=O) groups excluding carboxylic acids is 2. The zero-order valence-electron chi connectivity index (χ0n) is 15.8. The maximum absolute atomic E-state index is 12.6. The predicted octanol–water partition coefficient (Wildman–Crippen LogP) is 4.64. The summed E-state index contributed by atoms with van der Waals surface area (Å²) < 4.78 is 11.0. The molecule has 3 rings (SSSR count). The van der Waals surface area contributed by atoms with Crippen LogP contribution in [-0.4, -0.2) is 17.9 Å².